The maximum Gasteiger partial charge on any atom is 0.220 e. The topological polar surface area (TPSA) is 64.3 Å². The molecule has 0 radical (unpaired) electrons. The van der Waals surface area contributed by atoms with Crippen LogP contribution in [0, 0.1) is 0 Å². The lowest BCUT2D eigenvalue weighted by Crippen LogP contribution is -2.22. The van der Waals surface area contributed by atoms with Gasteiger partial charge in [0.1, 0.15) is 5.75 Å². The number of rotatable bonds is 7. The first-order valence-electron chi connectivity index (χ1n) is 6.93. The van der Waals surface area contributed by atoms with E-state index in [0.717, 1.165) is 22.6 Å². The van der Waals surface area contributed by atoms with Gasteiger partial charge >= 0.3 is 0 Å². The SMILES string of the molecule is COc1ccc(-c2ccc(CNC(=O)CCCN)s2)cc1. The normalized spacial score (nSPS) is 10.4. The number of benzene rings is 1. The van der Waals surface area contributed by atoms with Crippen LogP contribution in [0.25, 0.3) is 10.4 Å². The Balaban J connectivity index is 1.92. The Morgan fingerprint density at radius 3 is 2.67 bits per heavy atom. The largest absolute Gasteiger partial charge is 0.497 e. The summed E-state index contributed by atoms with van der Waals surface area (Å²) < 4.78 is 5.15. The number of carbonyl (C=O) groups excluding carboxylic acids is 1. The first kappa shape index (κ1) is 15.5. The fourth-order valence-corrected chi connectivity index (χ4v) is 2.87. The molecule has 1 amide bonds. The van der Waals surface area contributed by atoms with Gasteiger partial charge in [0.2, 0.25) is 5.91 Å². The second-order valence-electron chi connectivity index (χ2n) is 4.66. The molecule has 1 aromatic carbocycles. The number of nitrogens with one attached hydrogen (secondary N) is 1. The molecule has 0 aliphatic carbocycles. The summed E-state index contributed by atoms with van der Waals surface area (Å²) in [6.45, 7) is 1.12. The third kappa shape index (κ3) is 4.58. The Labute approximate surface area is 128 Å². The van der Waals surface area contributed by atoms with Gasteiger partial charge in [-0.2, -0.15) is 0 Å². The van der Waals surface area contributed by atoms with Crippen LogP contribution in [0.1, 0.15) is 17.7 Å². The van der Waals surface area contributed by atoms with E-state index in [1.54, 1.807) is 18.4 Å². The lowest BCUT2D eigenvalue weighted by atomic mass is 10.2. The van der Waals surface area contributed by atoms with Gasteiger partial charge < -0.3 is 15.8 Å². The van der Waals surface area contributed by atoms with Crippen molar-refractivity contribution in [3.63, 3.8) is 0 Å². The van der Waals surface area contributed by atoms with E-state index in [0.29, 0.717) is 19.5 Å². The third-order valence-corrected chi connectivity index (χ3v) is 4.24. The summed E-state index contributed by atoms with van der Waals surface area (Å²) >= 11 is 1.69. The van der Waals surface area contributed by atoms with Gasteiger partial charge in [0.25, 0.3) is 0 Å². The fourth-order valence-electron chi connectivity index (χ4n) is 1.92. The van der Waals surface area contributed by atoms with Crippen molar-refractivity contribution in [2.75, 3.05) is 13.7 Å². The van der Waals surface area contributed by atoms with Crippen molar-refractivity contribution in [2.24, 2.45) is 5.73 Å². The van der Waals surface area contributed by atoms with E-state index >= 15 is 0 Å². The Bertz CT molecular complexity index is 578. The van der Waals surface area contributed by atoms with Gasteiger partial charge in [-0.25, -0.2) is 0 Å². The van der Waals surface area contributed by atoms with E-state index in [1.807, 2.05) is 30.3 Å². The highest BCUT2D eigenvalue weighted by atomic mass is 32.1. The Morgan fingerprint density at radius 2 is 2.00 bits per heavy atom. The van der Waals surface area contributed by atoms with Crippen LogP contribution >= 0.6 is 11.3 Å². The second kappa shape index (κ2) is 7.81. The standard InChI is InChI=1S/C16H20N2O2S/c1-20-13-6-4-12(5-7-13)15-9-8-14(21-15)11-18-16(19)3-2-10-17/h4-9H,2-3,10-11,17H2,1H3,(H,18,19). The lowest BCUT2D eigenvalue weighted by Gasteiger charge is -2.03. The number of hydrogen-bond acceptors (Lipinski definition) is 4. The van der Waals surface area contributed by atoms with Crippen molar-refractivity contribution in [1.29, 1.82) is 0 Å². The quantitative estimate of drug-likeness (QED) is 0.826. The molecule has 4 nitrogen and oxygen atoms in total. The van der Waals surface area contributed by atoms with Gasteiger partial charge in [0.05, 0.1) is 13.7 Å². The molecule has 0 aliphatic heterocycles. The van der Waals surface area contributed by atoms with E-state index in [4.69, 9.17) is 10.5 Å². The van der Waals surface area contributed by atoms with Crippen molar-refractivity contribution < 1.29 is 9.53 Å². The van der Waals surface area contributed by atoms with Crippen LogP contribution in [0.4, 0.5) is 0 Å². The molecule has 0 spiro atoms. The lowest BCUT2D eigenvalue weighted by molar-refractivity contribution is -0.121. The minimum atomic E-state index is 0.0554. The summed E-state index contributed by atoms with van der Waals surface area (Å²) in [7, 11) is 1.66. The molecule has 0 unspecified atom stereocenters. The molecule has 1 heterocycles. The van der Waals surface area contributed by atoms with Crippen LogP contribution in [-0.2, 0) is 11.3 Å². The average Bonchev–Trinajstić information content (AvgIpc) is 3.00. The number of amides is 1. The molecule has 5 heteroatoms. The van der Waals surface area contributed by atoms with Crippen LogP contribution in [-0.4, -0.2) is 19.6 Å². The molecule has 0 atom stereocenters. The summed E-state index contributed by atoms with van der Waals surface area (Å²) in [5, 5.41) is 2.91. The Morgan fingerprint density at radius 1 is 1.24 bits per heavy atom. The highest BCUT2D eigenvalue weighted by molar-refractivity contribution is 7.15. The average molecular weight is 304 g/mol. The van der Waals surface area contributed by atoms with Gasteiger partial charge in [-0.1, -0.05) is 0 Å². The molecule has 0 saturated heterocycles. The first-order chi connectivity index (χ1) is 10.2. The van der Waals surface area contributed by atoms with Crippen LogP contribution < -0.4 is 15.8 Å². The summed E-state index contributed by atoms with van der Waals surface area (Å²) in [5.74, 6) is 0.905. The van der Waals surface area contributed by atoms with Crippen molar-refractivity contribution in [3.05, 3.63) is 41.3 Å². The molecule has 112 valence electrons. The number of nitrogens with two attached hydrogens (primary N) is 1. The number of methoxy groups -OCH3 is 1. The molecule has 1 aromatic heterocycles. The predicted octanol–water partition coefficient (Wildman–Crippen LogP) is 2.78. The van der Waals surface area contributed by atoms with Crippen molar-refractivity contribution >= 4 is 17.2 Å². The molecule has 0 saturated carbocycles. The van der Waals surface area contributed by atoms with E-state index in [1.165, 1.54) is 4.88 Å². The van der Waals surface area contributed by atoms with Gasteiger partial charge in [-0.3, -0.25) is 4.79 Å². The molecule has 21 heavy (non-hydrogen) atoms. The summed E-state index contributed by atoms with van der Waals surface area (Å²) in [6, 6.07) is 12.1. The van der Waals surface area contributed by atoms with Gasteiger partial charge in [-0.05, 0) is 54.9 Å². The third-order valence-electron chi connectivity index (χ3n) is 3.10. The van der Waals surface area contributed by atoms with Crippen LogP contribution in [0.2, 0.25) is 0 Å². The zero-order valence-corrected chi connectivity index (χ0v) is 12.9. The van der Waals surface area contributed by atoms with Gasteiger partial charge in [0.15, 0.2) is 0 Å². The Kier molecular flexibility index (Phi) is 5.78. The number of ether oxygens (including phenoxy) is 1. The summed E-state index contributed by atoms with van der Waals surface area (Å²) in [5.41, 5.74) is 6.54. The first-order valence-corrected chi connectivity index (χ1v) is 7.74. The van der Waals surface area contributed by atoms with Crippen LogP contribution in [0.3, 0.4) is 0 Å². The number of thiophene rings is 1. The highest BCUT2D eigenvalue weighted by Crippen LogP contribution is 2.29. The monoisotopic (exact) mass is 304 g/mol. The molecule has 0 fully saturated rings. The molecule has 2 rings (SSSR count). The van der Waals surface area contributed by atoms with Crippen LogP contribution in [0.5, 0.6) is 5.75 Å². The number of hydrogen-bond donors (Lipinski definition) is 2. The molecular formula is C16H20N2O2S. The van der Waals surface area contributed by atoms with Crippen molar-refractivity contribution in [3.8, 4) is 16.2 Å². The highest BCUT2D eigenvalue weighted by Gasteiger charge is 2.05. The van der Waals surface area contributed by atoms with Gasteiger partial charge in [-0.15, -0.1) is 11.3 Å². The maximum atomic E-state index is 11.5. The van der Waals surface area contributed by atoms with E-state index in [2.05, 4.69) is 11.4 Å². The van der Waals surface area contributed by atoms with Crippen molar-refractivity contribution in [2.45, 2.75) is 19.4 Å². The smallest absolute Gasteiger partial charge is 0.220 e. The minimum Gasteiger partial charge on any atom is -0.497 e. The van der Waals surface area contributed by atoms with E-state index < -0.39 is 0 Å². The number of carbonyl (C=O) groups is 1. The molecule has 3 N–H and O–H groups in total. The molecule has 2 aromatic rings. The molecule has 0 bridgehead atoms. The second-order valence-corrected chi connectivity index (χ2v) is 5.83. The summed E-state index contributed by atoms with van der Waals surface area (Å²) in [6.07, 6.45) is 1.22. The predicted molar refractivity (Wildman–Crippen MR) is 86.4 cm³/mol. The zero-order valence-electron chi connectivity index (χ0n) is 12.1. The molecule has 0 aliphatic rings. The van der Waals surface area contributed by atoms with Crippen LogP contribution in [0.15, 0.2) is 36.4 Å². The Hall–Kier alpha value is -1.85. The maximum absolute atomic E-state index is 11.5. The van der Waals surface area contributed by atoms with E-state index in [9.17, 15) is 4.79 Å². The minimum absolute atomic E-state index is 0.0554. The zero-order chi connectivity index (χ0) is 15.1. The van der Waals surface area contributed by atoms with Crippen molar-refractivity contribution in [1.82, 2.24) is 5.32 Å². The van der Waals surface area contributed by atoms with E-state index in [-0.39, 0.29) is 5.91 Å². The molecular weight excluding hydrogens is 284 g/mol. The summed E-state index contributed by atoms with van der Waals surface area (Å²) in [4.78, 5) is 13.9. The fraction of sp³-hybridized carbons (Fsp3) is 0.312. The van der Waals surface area contributed by atoms with Gasteiger partial charge in [0, 0.05) is 16.2 Å².